The molecule has 3 N–H and O–H groups in total. The molecule has 0 spiro atoms. The predicted molar refractivity (Wildman–Crippen MR) is 95.2 cm³/mol. The van der Waals surface area contributed by atoms with Crippen molar-refractivity contribution < 1.29 is 19.5 Å². The monoisotopic (exact) mass is 344 g/mol. The van der Waals surface area contributed by atoms with Crippen LogP contribution in [0.1, 0.15) is 37.0 Å². The molecule has 0 bridgehead atoms. The summed E-state index contributed by atoms with van der Waals surface area (Å²) in [5.41, 5.74) is 1.06. The average molecular weight is 344 g/mol. The Kier molecular flexibility index (Phi) is 6.33. The van der Waals surface area contributed by atoms with E-state index in [2.05, 4.69) is 10.6 Å². The van der Waals surface area contributed by atoms with Crippen molar-refractivity contribution in [2.45, 2.75) is 26.7 Å². The number of amides is 2. The molecule has 1 aromatic carbocycles. The molecule has 0 saturated carbocycles. The lowest BCUT2D eigenvalue weighted by molar-refractivity contribution is -0.146. The van der Waals surface area contributed by atoms with Crippen LogP contribution in [0.4, 0.5) is 5.69 Å². The van der Waals surface area contributed by atoms with Crippen LogP contribution in [-0.2, 0) is 9.59 Å². The van der Waals surface area contributed by atoms with E-state index in [1.165, 1.54) is 0 Å². The first-order valence-corrected chi connectivity index (χ1v) is 8.45. The number of allylic oxidation sites excluding steroid dienone is 2. The van der Waals surface area contributed by atoms with Crippen molar-refractivity contribution in [2.24, 2.45) is 17.8 Å². The molecule has 6 nitrogen and oxygen atoms in total. The zero-order chi connectivity index (χ0) is 18.4. The van der Waals surface area contributed by atoms with Crippen molar-refractivity contribution in [3.8, 4) is 0 Å². The molecule has 134 valence electrons. The normalized spacial score (nSPS) is 19.5. The predicted octanol–water partition coefficient (Wildman–Crippen LogP) is 2.68. The van der Waals surface area contributed by atoms with Gasteiger partial charge in [0.1, 0.15) is 0 Å². The number of aliphatic carboxylic acids is 1. The van der Waals surface area contributed by atoms with Gasteiger partial charge in [0.05, 0.1) is 11.8 Å². The van der Waals surface area contributed by atoms with Gasteiger partial charge in [-0.25, -0.2) is 0 Å². The van der Waals surface area contributed by atoms with Crippen molar-refractivity contribution in [3.05, 3.63) is 42.0 Å². The number of rotatable bonds is 6. The molecule has 6 heteroatoms. The molecule has 1 aromatic rings. The third-order valence-electron chi connectivity index (χ3n) is 4.17. The lowest BCUT2D eigenvalue weighted by Gasteiger charge is -2.24. The van der Waals surface area contributed by atoms with E-state index in [9.17, 15) is 19.5 Å². The first-order valence-electron chi connectivity index (χ1n) is 8.45. The minimum Gasteiger partial charge on any atom is -0.481 e. The fraction of sp³-hybridized carbons (Fsp3) is 0.421. The number of carboxylic acids is 1. The van der Waals surface area contributed by atoms with E-state index in [0.29, 0.717) is 36.6 Å². The molecule has 1 aliphatic rings. The van der Waals surface area contributed by atoms with Crippen molar-refractivity contribution in [3.63, 3.8) is 0 Å². The maximum absolute atomic E-state index is 12.4. The molecule has 0 fully saturated rings. The first kappa shape index (κ1) is 18.7. The SMILES string of the molecule is CC(C)CNC(=O)c1ccc(NC(=O)[C@H]2CC=CC[C@H]2C(=O)O)cc1. The summed E-state index contributed by atoms with van der Waals surface area (Å²) in [7, 11) is 0. The van der Waals surface area contributed by atoms with Gasteiger partial charge in [-0.2, -0.15) is 0 Å². The zero-order valence-corrected chi connectivity index (χ0v) is 14.5. The number of hydrogen-bond acceptors (Lipinski definition) is 3. The summed E-state index contributed by atoms with van der Waals surface area (Å²) in [6, 6.07) is 6.58. The maximum Gasteiger partial charge on any atom is 0.307 e. The van der Waals surface area contributed by atoms with Crippen LogP contribution in [0.2, 0.25) is 0 Å². The Morgan fingerprint density at radius 3 is 2.24 bits per heavy atom. The Labute approximate surface area is 147 Å². The molecule has 2 amide bonds. The summed E-state index contributed by atoms with van der Waals surface area (Å²) < 4.78 is 0. The number of benzene rings is 1. The van der Waals surface area contributed by atoms with Crippen LogP contribution in [0.25, 0.3) is 0 Å². The molecule has 0 heterocycles. The number of carboxylic acid groups (broad SMARTS) is 1. The van der Waals surface area contributed by atoms with Gasteiger partial charge in [-0.15, -0.1) is 0 Å². The summed E-state index contributed by atoms with van der Waals surface area (Å²) >= 11 is 0. The second-order valence-corrected chi connectivity index (χ2v) is 6.66. The van der Waals surface area contributed by atoms with Gasteiger partial charge < -0.3 is 15.7 Å². The number of carbonyl (C=O) groups excluding carboxylic acids is 2. The summed E-state index contributed by atoms with van der Waals surface area (Å²) in [5, 5.41) is 14.8. The van der Waals surface area contributed by atoms with Crippen LogP contribution >= 0.6 is 0 Å². The van der Waals surface area contributed by atoms with E-state index in [0.717, 1.165) is 0 Å². The molecule has 2 atom stereocenters. The largest absolute Gasteiger partial charge is 0.481 e. The van der Waals surface area contributed by atoms with Crippen LogP contribution in [0.3, 0.4) is 0 Å². The van der Waals surface area contributed by atoms with Crippen LogP contribution in [0, 0.1) is 17.8 Å². The van der Waals surface area contributed by atoms with Gasteiger partial charge in [0.15, 0.2) is 0 Å². The minimum absolute atomic E-state index is 0.157. The molecule has 0 unspecified atom stereocenters. The molecular formula is C19H24N2O4. The van der Waals surface area contributed by atoms with Crippen molar-refractivity contribution in [1.82, 2.24) is 5.32 Å². The molecule has 0 aromatic heterocycles. The van der Waals surface area contributed by atoms with Crippen molar-refractivity contribution in [2.75, 3.05) is 11.9 Å². The molecule has 1 aliphatic carbocycles. The van der Waals surface area contributed by atoms with Crippen molar-refractivity contribution in [1.29, 1.82) is 0 Å². The Hall–Kier alpha value is -2.63. The molecule has 25 heavy (non-hydrogen) atoms. The minimum atomic E-state index is -0.957. The number of nitrogens with one attached hydrogen (secondary N) is 2. The van der Waals surface area contributed by atoms with Gasteiger partial charge in [-0.3, -0.25) is 14.4 Å². The van der Waals surface area contributed by atoms with E-state index in [4.69, 9.17) is 0 Å². The summed E-state index contributed by atoms with van der Waals surface area (Å²) in [5.74, 6) is -2.35. The fourth-order valence-corrected chi connectivity index (χ4v) is 2.72. The van der Waals surface area contributed by atoms with Gasteiger partial charge in [-0.1, -0.05) is 26.0 Å². The summed E-state index contributed by atoms with van der Waals surface area (Å²) in [4.78, 5) is 35.7. The van der Waals surface area contributed by atoms with Gasteiger partial charge in [0.2, 0.25) is 5.91 Å². The second kappa shape index (κ2) is 8.46. The Morgan fingerprint density at radius 1 is 1.08 bits per heavy atom. The molecule has 0 radical (unpaired) electrons. The topological polar surface area (TPSA) is 95.5 Å². The zero-order valence-electron chi connectivity index (χ0n) is 14.5. The summed E-state index contributed by atoms with van der Waals surface area (Å²) in [6.45, 7) is 4.64. The molecule has 0 saturated heterocycles. The van der Waals surface area contributed by atoms with Crippen LogP contribution in [0.5, 0.6) is 0 Å². The number of carbonyl (C=O) groups is 3. The standard InChI is InChI=1S/C19H24N2O4/c1-12(2)11-20-17(22)13-7-9-14(10-8-13)21-18(23)15-5-3-4-6-16(15)19(24)25/h3-4,7-10,12,15-16H,5-6,11H2,1-2H3,(H,20,22)(H,21,23)(H,24,25)/t15-,16+/m0/s1. The highest BCUT2D eigenvalue weighted by atomic mass is 16.4. The van der Waals surface area contributed by atoms with Crippen LogP contribution < -0.4 is 10.6 Å². The van der Waals surface area contributed by atoms with Crippen LogP contribution in [0.15, 0.2) is 36.4 Å². The van der Waals surface area contributed by atoms with Gasteiger partial charge >= 0.3 is 5.97 Å². The maximum atomic E-state index is 12.4. The second-order valence-electron chi connectivity index (χ2n) is 6.66. The van der Waals surface area contributed by atoms with Gasteiger partial charge in [0, 0.05) is 17.8 Å². The lowest BCUT2D eigenvalue weighted by atomic mass is 9.82. The smallest absolute Gasteiger partial charge is 0.307 e. The third kappa shape index (κ3) is 5.17. The molecule has 2 rings (SSSR count). The van der Waals surface area contributed by atoms with E-state index < -0.39 is 17.8 Å². The number of hydrogen-bond donors (Lipinski definition) is 3. The highest BCUT2D eigenvalue weighted by Gasteiger charge is 2.33. The van der Waals surface area contributed by atoms with E-state index >= 15 is 0 Å². The quantitative estimate of drug-likeness (QED) is 0.691. The third-order valence-corrected chi connectivity index (χ3v) is 4.17. The first-order chi connectivity index (χ1) is 11.9. The molecular weight excluding hydrogens is 320 g/mol. The van der Waals surface area contributed by atoms with Crippen LogP contribution in [-0.4, -0.2) is 29.4 Å². The van der Waals surface area contributed by atoms with Gasteiger partial charge in [-0.05, 0) is 43.0 Å². The van der Waals surface area contributed by atoms with E-state index in [1.807, 2.05) is 19.9 Å². The average Bonchev–Trinajstić information content (AvgIpc) is 2.60. The Morgan fingerprint density at radius 2 is 1.68 bits per heavy atom. The highest BCUT2D eigenvalue weighted by Crippen LogP contribution is 2.27. The highest BCUT2D eigenvalue weighted by molar-refractivity contribution is 5.97. The summed E-state index contributed by atoms with van der Waals surface area (Å²) in [6.07, 6.45) is 4.42. The van der Waals surface area contributed by atoms with Crippen molar-refractivity contribution >= 4 is 23.5 Å². The Balaban J connectivity index is 1.98. The fourth-order valence-electron chi connectivity index (χ4n) is 2.72. The molecule has 0 aliphatic heterocycles. The Bertz CT molecular complexity index is 665. The number of anilines is 1. The van der Waals surface area contributed by atoms with E-state index in [-0.39, 0.29) is 11.8 Å². The van der Waals surface area contributed by atoms with Gasteiger partial charge in [0.25, 0.3) is 5.91 Å². The lowest BCUT2D eigenvalue weighted by Crippen LogP contribution is -2.34. The van der Waals surface area contributed by atoms with E-state index in [1.54, 1.807) is 30.3 Å².